The highest BCUT2D eigenvalue weighted by molar-refractivity contribution is 5.78. The number of likely N-dealkylation sites (N-methyl/N-ethyl adjacent to an activating group) is 1. The van der Waals surface area contributed by atoms with Gasteiger partial charge >= 0.3 is 0 Å². The van der Waals surface area contributed by atoms with Gasteiger partial charge in [0.25, 0.3) is 0 Å². The quantitative estimate of drug-likeness (QED) is 0.766. The van der Waals surface area contributed by atoms with Crippen molar-refractivity contribution in [2.24, 2.45) is 0 Å². The number of amides is 1. The van der Waals surface area contributed by atoms with Gasteiger partial charge in [-0.25, -0.2) is 0 Å². The van der Waals surface area contributed by atoms with Crippen molar-refractivity contribution in [1.82, 2.24) is 5.32 Å². The SMILES string of the molecule is C=C(Nc1ccc(CC(=O)NC)cc1)Nc1ccccc1C. The van der Waals surface area contributed by atoms with E-state index in [9.17, 15) is 4.79 Å². The highest BCUT2D eigenvalue weighted by atomic mass is 16.1. The molecular weight excluding hydrogens is 274 g/mol. The lowest BCUT2D eigenvalue weighted by Gasteiger charge is -2.14. The van der Waals surface area contributed by atoms with Crippen LogP contribution in [0.1, 0.15) is 11.1 Å². The average Bonchev–Trinajstić information content (AvgIpc) is 2.51. The van der Waals surface area contributed by atoms with Gasteiger partial charge in [0.05, 0.1) is 6.42 Å². The lowest BCUT2D eigenvalue weighted by molar-refractivity contribution is -0.119. The molecule has 2 aromatic carbocycles. The summed E-state index contributed by atoms with van der Waals surface area (Å²) in [6.07, 6.45) is 0.388. The van der Waals surface area contributed by atoms with Gasteiger partial charge in [-0.05, 0) is 36.2 Å². The van der Waals surface area contributed by atoms with Gasteiger partial charge in [-0.1, -0.05) is 36.9 Å². The molecule has 0 atom stereocenters. The van der Waals surface area contributed by atoms with Crippen LogP contribution in [0.2, 0.25) is 0 Å². The van der Waals surface area contributed by atoms with Gasteiger partial charge in [-0.15, -0.1) is 0 Å². The van der Waals surface area contributed by atoms with E-state index < -0.39 is 0 Å². The van der Waals surface area contributed by atoms with Crippen LogP contribution < -0.4 is 16.0 Å². The molecule has 22 heavy (non-hydrogen) atoms. The first-order chi connectivity index (χ1) is 10.6. The Hall–Kier alpha value is -2.75. The fourth-order valence-corrected chi connectivity index (χ4v) is 2.06. The molecule has 0 radical (unpaired) electrons. The maximum absolute atomic E-state index is 11.3. The van der Waals surface area contributed by atoms with Gasteiger partial charge in [0, 0.05) is 18.4 Å². The highest BCUT2D eigenvalue weighted by Gasteiger charge is 2.02. The number of aryl methyl sites for hydroxylation is 1. The van der Waals surface area contributed by atoms with Gasteiger partial charge in [-0.2, -0.15) is 0 Å². The van der Waals surface area contributed by atoms with E-state index in [2.05, 4.69) is 22.5 Å². The fraction of sp³-hybridized carbons (Fsp3) is 0.167. The summed E-state index contributed by atoms with van der Waals surface area (Å²) < 4.78 is 0. The summed E-state index contributed by atoms with van der Waals surface area (Å²) in [6, 6.07) is 15.8. The predicted octanol–water partition coefficient (Wildman–Crippen LogP) is 3.28. The number of hydrogen-bond donors (Lipinski definition) is 3. The Balaban J connectivity index is 1.94. The molecule has 0 spiro atoms. The third-order valence-corrected chi connectivity index (χ3v) is 3.32. The van der Waals surface area contributed by atoms with Gasteiger partial charge < -0.3 is 16.0 Å². The second kappa shape index (κ2) is 7.31. The van der Waals surface area contributed by atoms with Crippen LogP contribution >= 0.6 is 0 Å². The zero-order valence-corrected chi connectivity index (χ0v) is 12.9. The van der Waals surface area contributed by atoms with E-state index in [1.165, 1.54) is 0 Å². The Morgan fingerprint density at radius 1 is 1.05 bits per heavy atom. The fourth-order valence-electron chi connectivity index (χ4n) is 2.06. The third-order valence-electron chi connectivity index (χ3n) is 3.32. The first kappa shape index (κ1) is 15.6. The Kier molecular flexibility index (Phi) is 5.20. The van der Waals surface area contributed by atoms with Crippen LogP contribution in [-0.2, 0) is 11.2 Å². The van der Waals surface area contributed by atoms with E-state index in [1.807, 2.05) is 55.5 Å². The Morgan fingerprint density at radius 2 is 1.73 bits per heavy atom. The first-order valence-corrected chi connectivity index (χ1v) is 7.16. The Labute approximate surface area is 131 Å². The van der Waals surface area contributed by atoms with Crippen LogP contribution in [0.25, 0.3) is 0 Å². The molecule has 0 bridgehead atoms. The van der Waals surface area contributed by atoms with Gasteiger partial charge in [0.15, 0.2) is 0 Å². The molecule has 0 aromatic heterocycles. The molecule has 2 aromatic rings. The van der Waals surface area contributed by atoms with E-state index in [1.54, 1.807) is 7.05 Å². The summed E-state index contributed by atoms with van der Waals surface area (Å²) in [7, 11) is 1.64. The van der Waals surface area contributed by atoms with Crippen molar-refractivity contribution in [2.75, 3.05) is 17.7 Å². The molecule has 0 aliphatic carbocycles. The van der Waals surface area contributed by atoms with E-state index in [0.29, 0.717) is 12.2 Å². The van der Waals surface area contributed by atoms with Gasteiger partial charge in [-0.3, -0.25) is 4.79 Å². The zero-order valence-electron chi connectivity index (χ0n) is 12.9. The summed E-state index contributed by atoms with van der Waals surface area (Å²) in [5, 5.41) is 9.07. The largest absolute Gasteiger partial charge is 0.359 e. The van der Waals surface area contributed by atoms with E-state index >= 15 is 0 Å². The van der Waals surface area contributed by atoms with Crippen molar-refractivity contribution >= 4 is 17.3 Å². The average molecular weight is 295 g/mol. The molecule has 1 amide bonds. The second-order valence-electron chi connectivity index (χ2n) is 5.09. The van der Waals surface area contributed by atoms with E-state index in [4.69, 9.17) is 0 Å². The minimum atomic E-state index is 0.00587. The monoisotopic (exact) mass is 295 g/mol. The van der Waals surface area contributed by atoms with Crippen molar-refractivity contribution in [1.29, 1.82) is 0 Å². The Morgan fingerprint density at radius 3 is 2.36 bits per heavy atom. The van der Waals surface area contributed by atoms with Crippen molar-refractivity contribution < 1.29 is 4.79 Å². The van der Waals surface area contributed by atoms with Crippen molar-refractivity contribution in [3.63, 3.8) is 0 Å². The minimum absolute atomic E-state index is 0.00587. The molecule has 3 N–H and O–H groups in total. The van der Waals surface area contributed by atoms with Gasteiger partial charge in [0.1, 0.15) is 5.82 Å². The van der Waals surface area contributed by atoms with Crippen LogP contribution in [0.5, 0.6) is 0 Å². The topological polar surface area (TPSA) is 53.2 Å². The van der Waals surface area contributed by atoms with Crippen molar-refractivity contribution in [3.05, 3.63) is 72.1 Å². The number of anilines is 2. The molecule has 2 rings (SSSR count). The highest BCUT2D eigenvalue weighted by Crippen LogP contribution is 2.17. The van der Waals surface area contributed by atoms with E-state index in [0.717, 1.165) is 22.5 Å². The molecule has 0 aliphatic heterocycles. The van der Waals surface area contributed by atoms with Crippen LogP contribution in [0.15, 0.2) is 60.9 Å². The summed E-state index contributed by atoms with van der Waals surface area (Å²) in [5.74, 6) is 0.708. The van der Waals surface area contributed by atoms with Crippen LogP contribution in [0, 0.1) is 6.92 Å². The smallest absolute Gasteiger partial charge is 0.224 e. The molecule has 0 aliphatic rings. The lowest BCUT2D eigenvalue weighted by atomic mass is 10.1. The maximum atomic E-state index is 11.3. The molecule has 0 fully saturated rings. The lowest BCUT2D eigenvalue weighted by Crippen LogP contribution is -2.19. The summed E-state index contributed by atoms with van der Waals surface area (Å²) >= 11 is 0. The number of nitrogens with one attached hydrogen (secondary N) is 3. The molecule has 0 heterocycles. The molecule has 0 saturated heterocycles. The Bertz CT molecular complexity index is 662. The van der Waals surface area contributed by atoms with Crippen LogP contribution in [0.4, 0.5) is 11.4 Å². The minimum Gasteiger partial charge on any atom is -0.359 e. The molecule has 4 heteroatoms. The summed E-state index contributed by atoms with van der Waals surface area (Å²) in [5.41, 5.74) is 4.08. The zero-order chi connectivity index (χ0) is 15.9. The molecule has 0 saturated carbocycles. The van der Waals surface area contributed by atoms with Gasteiger partial charge in [0.2, 0.25) is 5.91 Å². The predicted molar refractivity (Wildman–Crippen MR) is 91.8 cm³/mol. The first-order valence-electron chi connectivity index (χ1n) is 7.16. The standard InChI is InChI=1S/C18H21N3O/c1-13-6-4-5-7-17(13)21-14(2)20-16-10-8-15(9-11-16)12-18(22)19-3/h4-11,20-21H,2,12H2,1,3H3,(H,19,22). The van der Waals surface area contributed by atoms with E-state index in [-0.39, 0.29) is 5.91 Å². The summed E-state index contributed by atoms with van der Waals surface area (Å²) in [6.45, 7) is 6.03. The summed E-state index contributed by atoms with van der Waals surface area (Å²) in [4.78, 5) is 11.3. The number of rotatable bonds is 6. The number of carbonyl (C=O) groups excluding carboxylic acids is 1. The molecular formula is C18H21N3O. The molecule has 4 nitrogen and oxygen atoms in total. The second-order valence-corrected chi connectivity index (χ2v) is 5.09. The number of benzene rings is 2. The third kappa shape index (κ3) is 4.38. The van der Waals surface area contributed by atoms with Crippen molar-refractivity contribution in [2.45, 2.75) is 13.3 Å². The van der Waals surface area contributed by atoms with Crippen LogP contribution in [-0.4, -0.2) is 13.0 Å². The van der Waals surface area contributed by atoms with Crippen LogP contribution in [0.3, 0.4) is 0 Å². The normalized spacial score (nSPS) is 9.91. The molecule has 0 unspecified atom stereocenters. The number of carbonyl (C=O) groups is 1. The molecule has 114 valence electrons. The number of para-hydroxylation sites is 1. The maximum Gasteiger partial charge on any atom is 0.224 e. The van der Waals surface area contributed by atoms with Crippen molar-refractivity contribution in [3.8, 4) is 0 Å². The number of hydrogen-bond acceptors (Lipinski definition) is 3.